The van der Waals surface area contributed by atoms with Crippen molar-refractivity contribution in [3.05, 3.63) is 50.6 Å². The molecule has 21 heavy (non-hydrogen) atoms. The van der Waals surface area contributed by atoms with Crippen LogP contribution in [0.1, 0.15) is 18.1 Å². The number of hydrogen-bond donors (Lipinski definition) is 1. The number of ether oxygens (including phenoxy) is 1. The van der Waals surface area contributed by atoms with Gasteiger partial charge in [-0.1, -0.05) is 21.9 Å². The summed E-state index contributed by atoms with van der Waals surface area (Å²) in [4.78, 5) is 0. The van der Waals surface area contributed by atoms with Crippen molar-refractivity contribution in [2.45, 2.75) is 25.9 Å². The Bertz CT molecular complexity index is 604. The first-order valence-corrected chi connectivity index (χ1v) is 8.51. The van der Waals surface area contributed by atoms with Crippen molar-refractivity contribution < 1.29 is 4.74 Å². The molecule has 2 nitrogen and oxygen atoms in total. The Morgan fingerprint density at radius 3 is 3.00 bits per heavy atom. The van der Waals surface area contributed by atoms with E-state index in [-0.39, 0.29) is 0 Å². The van der Waals surface area contributed by atoms with Gasteiger partial charge >= 0.3 is 0 Å². The zero-order chi connectivity index (χ0) is 15.1. The maximum Gasteiger partial charge on any atom is 0.148 e. The van der Waals surface area contributed by atoms with E-state index in [0.29, 0.717) is 12.6 Å². The molecule has 0 amide bonds. The normalized spacial score (nSPS) is 11.9. The molecule has 1 N–H and O–H groups in total. The molecule has 4 heteroatoms. The number of benzene rings is 1. The maximum absolute atomic E-state index is 5.58. The summed E-state index contributed by atoms with van der Waals surface area (Å²) < 4.78 is 6.62. The van der Waals surface area contributed by atoms with Gasteiger partial charge in [0.25, 0.3) is 0 Å². The molecule has 0 fully saturated rings. The van der Waals surface area contributed by atoms with Crippen LogP contribution in [0.5, 0.6) is 5.75 Å². The van der Waals surface area contributed by atoms with Gasteiger partial charge in [0, 0.05) is 22.6 Å². The molecular formula is C17H18BrNOS. The average molecular weight is 364 g/mol. The minimum absolute atomic E-state index is 0.291. The number of hydrogen-bond acceptors (Lipinski definition) is 3. The summed E-state index contributed by atoms with van der Waals surface area (Å²) in [7, 11) is 0. The predicted octanol–water partition coefficient (Wildman–Crippen LogP) is 4.24. The molecular weight excluding hydrogens is 346 g/mol. The van der Waals surface area contributed by atoms with Crippen LogP contribution in [0.25, 0.3) is 0 Å². The van der Waals surface area contributed by atoms with Gasteiger partial charge in [0.2, 0.25) is 0 Å². The summed E-state index contributed by atoms with van der Waals surface area (Å²) in [6, 6.07) is 8.55. The minimum Gasteiger partial charge on any atom is -0.481 e. The molecule has 1 heterocycles. The molecule has 0 bridgehead atoms. The van der Waals surface area contributed by atoms with Crippen LogP contribution in [0.3, 0.4) is 0 Å². The Morgan fingerprint density at radius 2 is 2.29 bits per heavy atom. The summed E-state index contributed by atoms with van der Waals surface area (Å²) in [5, 5.41) is 7.84. The zero-order valence-corrected chi connectivity index (χ0v) is 14.3. The minimum atomic E-state index is 0.291. The van der Waals surface area contributed by atoms with Crippen molar-refractivity contribution in [3.8, 4) is 18.1 Å². The van der Waals surface area contributed by atoms with Gasteiger partial charge in [-0.3, -0.25) is 0 Å². The van der Waals surface area contributed by atoms with Crippen LogP contribution < -0.4 is 10.1 Å². The lowest BCUT2D eigenvalue weighted by Gasteiger charge is -2.15. The van der Waals surface area contributed by atoms with Gasteiger partial charge in [0.1, 0.15) is 12.4 Å². The molecule has 0 aliphatic heterocycles. The first-order chi connectivity index (χ1) is 10.2. The molecule has 0 radical (unpaired) electrons. The third-order valence-corrected chi connectivity index (χ3v) is 4.32. The quantitative estimate of drug-likeness (QED) is 0.742. The number of nitrogens with one attached hydrogen (secondary N) is 1. The summed E-state index contributed by atoms with van der Waals surface area (Å²) in [6.07, 6.45) is 6.28. The fourth-order valence-electron chi connectivity index (χ4n) is 2.07. The van der Waals surface area contributed by atoms with E-state index in [2.05, 4.69) is 57.0 Å². The number of halogens is 1. The first-order valence-electron chi connectivity index (χ1n) is 6.78. The van der Waals surface area contributed by atoms with E-state index in [9.17, 15) is 0 Å². The van der Waals surface area contributed by atoms with E-state index in [4.69, 9.17) is 11.2 Å². The first kappa shape index (κ1) is 16.1. The van der Waals surface area contributed by atoms with Gasteiger partial charge in [-0.05, 0) is 53.9 Å². The molecule has 1 aromatic heterocycles. The van der Waals surface area contributed by atoms with E-state index in [1.165, 1.54) is 5.56 Å². The zero-order valence-electron chi connectivity index (χ0n) is 11.9. The van der Waals surface area contributed by atoms with Crippen LogP contribution in [0.2, 0.25) is 0 Å². The Balaban J connectivity index is 1.95. The van der Waals surface area contributed by atoms with Gasteiger partial charge in [0.15, 0.2) is 0 Å². The highest BCUT2D eigenvalue weighted by Crippen LogP contribution is 2.23. The molecule has 2 aromatic rings. The van der Waals surface area contributed by atoms with Gasteiger partial charge in [-0.25, -0.2) is 0 Å². The van der Waals surface area contributed by atoms with Crippen LogP contribution in [0, 0.1) is 12.3 Å². The SMILES string of the molecule is C#CCOc1ccc(Br)cc1CNC(C)Cc1ccsc1. The molecule has 110 valence electrons. The maximum atomic E-state index is 5.58. The van der Waals surface area contributed by atoms with Crippen molar-refractivity contribution >= 4 is 27.3 Å². The summed E-state index contributed by atoms with van der Waals surface area (Å²) >= 11 is 5.23. The van der Waals surface area contributed by atoms with Crippen molar-refractivity contribution in [3.63, 3.8) is 0 Å². The van der Waals surface area contributed by atoms with Gasteiger partial charge in [-0.2, -0.15) is 11.3 Å². The van der Waals surface area contributed by atoms with E-state index in [1.807, 2.05) is 12.1 Å². The highest BCUT2D eigenvalue weighted by Gasteiger charge is 2.08. The topological polar surface area (TPSA) is 21.3 Å². The number of terminal acetylenes is 1. The van der Waals surface area contributed by atoms with Crippen LogP contribution in [0.4, 0.5) is 0 Å². The molecule has 1 aromatic carbocycles. The van der Waals surface area contributed by atoms with E-state index < -0.39 is 0 Å². The van der Waals surface area contributed by atoms with Crippen molar-refractivity contribution in [2.75, 3.05) is 6.61 Å². The van der Waals surface area contributed by atoms with Gasteiger partial charge in [-0.15, -0.1) is 6.42 Å². The molecule has 0 spiro atoms. The predicted molar refractivity (Wildman–Crippen MR) is 92.8 cm³/mol. The molecule has 1 atom stereocenters. The molecule has 0 saturated heterocycles. The lowest BCUT2D eigenvalue weighted by molar-refractivity contribution is 0.363. The molecule has 2 rings (SSSR count). The Morgan fingerprint density at radius 1 is 1.43 bits per heavy atom. The van der Waals surface area contributed by atoms with Crippen LogP contribution in [-0.4, -0.2) is 12.6 Å². The second-order valence-electron chi connectivity index (χ2n) is 4.86. The lowest BCUT2D eigenvalue weighted by Crippen LogP contribution is -2.27. The fourth-order valence-corrected chi connectivity index (χ4v) is 3.16. The van der Waals surface area contributed by atoms with E-state index >= 15 is 0 Å². The Kier molecular flexibility index (Phi) is 6.31. The van der Waals surface area contributed by atoms with Crippen molar-refractivity contribution in [2.24, 2.45) is 0 Å². The number of rotatable bonds is 7. The summed E-state index contributed by atoms with van der Waals surface area (Å²) in [5.74, 6) is 3.34. The average Bonchev–Trinajstić information content (AvgIpc) is 2.97. The van der Waals surface area contributed by atoms with E-state index in [1.54, 1.807) is 11.3 Å². The highest BCUT2D eigenvalue weighted by atomic mass is 79.9. The smallest absolute Gasteiger partial charge is 0.148 e. The molecule has 1 unspecified atom stereocenters. The Hall–Kier alpha value is -1.28. The third kappa shape index (κ3) is 5.20. The lowest BCUT2D eigenvalue weighted by atomic mass is 10.1. The van der Waals surface area contributed by atoms with E-state index in [0.717, 1.165) is 28.8 Å². The third-order valence-electron chi connectivity index (χ3n) is 3.10. The standard InChI is InChI=1S/C17H18BrNOS/c1-3-7-20-17-5-4-16(18)10-15(17)11-19-13(2)9-14-6-8-21-12-14/h1,4-6,8,10,12-13,19H,7,9,11H2,2H3. The largest absolute Gasteiger partial charge is 0.481 e. The van der Waals surface area contributed by atoms with Gasteiger partial charge < -0.3 is 10.1 Å². The molecule has 0 aliphatic carbocycles. The van der Waals surface area contributed by atoms with Crippen molar-refractivity contribution in [1.82, 2.24) is 5.32 Å². The van der Waals surface area contributed by atoms with Crippen molar-refractivity contribution in [1.29, 1.82) is 0 Å². The van der Waals surface area contributed by atoms with Gasteiger partial charge in [0.05, 0.1) is 0 Å². The fraction of sp³-hybridized carbons (Fsp3) is 0.294. The number of thiophene rings is 1. The molecule has 0 saturated carbocycles. The van der Waals surface area contributed by atoms with Crippen LogP contribution >= 0.6 is 27.3 Å². The van der Waals surface area contributed by atoms with Crippen LogP contribution in [-0.2, 0) is 13.0 Å². The monoisotopic (exact) mass is 363 g/mol. The summed E-state index contributed by atoms with van der Waals surface area (Å²) in [5.41, 5.74) is 2.48. The second-order valence-corrected chi connectivity index (χ2v) is 6.56. The van der Waals surface area contributed by atoms with Crippen LogP contribution in [0.15, 0.2) is 39.5 Å². The second kappa shape index (κ2) is 8.23. The molecule has 0 aliphatic rings. The highest BCUT2D eigenvalue weighted by molar-refractivity contribution is 9.10. The Labute approximate surface area is 138 Å². The summed E-state index contributed by atoms with van der Waals surface area (Å²) in [6.45, 7) is 3.24.